The third-order valence-electron chi connectivity index (χ3n) is 1.81. The lowest BCUT2D eigenvalue weighted by atomic mass is 10.3. The first-order valence-electron chi connectivity index (χ1n) is 3.44. The molecule has 0 aromatic carbocycles. The first kappa shape index (κ1) is 8.01. The highest BCUT2D eigenvalue weighted by molar-refractivity contribution is 7.91. The summed E-state index contributed by atoms with van der Waals surface area (Å²) in [7, 11) is -2.98. The van der Waals surface area contributed by atoms with Crippen molar-refractivity contribution in [2.75, 3.05) is 6.26 Å². The minimum atomic E-state index is -2.98. The summed E-state index contributed by atoms with van der Waals surface area (Å²) >= 11 is 0. The second-order valence-corrected chi connectivity index (χ2v) is 5.31. The lowest BCUT2D eigenvalue weighted by Crippen LogP contribution is -2.29. The third kappa shape index (κ3) is 2.27. The van der Waals surface area contributed by atoms with E-state index in [1.54, 1.807) is 0 Å². The number of rotatable bonds is 3. The zero-order chi connectivity index (χ0) is 7.78. The van der Waals surface area contributed by atoms with Gasteiger partial charge in [0, 0.05) is 6.26 Å². The molecule has 10 heavy (non-hydrogen) atoms. The average molecular weight is 163 g/mol. The van der Waals surface area contributed by atoms with E-state index in [4.69, 9.17) is 5.73 Å². The van der Waals surface area contributed by atoms with Crippen molar-refractivity contribution >= 4 is 9.84 Å². The molecule has 0 heterocycles. The Hall–Kier alpha value is -0.0900. The van der Waals surface area contributed by atoms with E-state index in [0.717, 1.165) is 12.8 Å². The van der Waals surface area contributed by atoms with Crippen LogP contribution in [-0.4, -0.2) is 20.0 Å². The van der Waals surface area contributed by atoms with E-state index in [1.807, 2.05) is 0 Å². The summed E-state index contributed by atoms with van der Waals surface area (Å²) in [5.41, 5.74) is 5.40. The van der Waals surface area contributed by atoms with Gasteiger partial charge in [0.25, 0.3) is 0 Å². The molecule has 4 heteroatoms. The van der Waals surface area contributed by atoms with Crippen LogP contribution in [0.5, 0.6) is 0 Å². The SMILES string of the molecule is CS(=O)(=O)C(N)CC1CC1. The molecule has 1 saturated carbocycles. The van der Waals surface area contributed by atoms with Crippen LogP contribution in [0, 0.1) is 5.92 Å². The Morgan fingerprint density at radius 2 is 2.10 bits per heavy atom. The van der Waals surface area contributed by atoms with E-state index in [2.05, 4.69) is 0 Å². The lowest BCUT2D eigenvalue weighted by Gasteiger charge is -2.06. The molecule has 1 rings (SSSR count). The van der Waals surface area contributed by atoms with Crippen molar-refractivity contribution in [3.8, 4) is 0 Å². The number of hydrogen-bond donors (Lipinski definition) is 1. The zero-order valence-corrected chi connectivity index (χ0v) is 6.89. The molecule has 0 saturated heterocycles. The summed E-state index contributed by atoms with van der Waals surface area (Å²) < 4.78 is 21.5. The zero-order valence-electron chi connectivity index (χ0n) is 6.08. The van der Waals surface area contributed by atoms with Gasteiger partial charge < -0.3 is 5.73 Å². The minimum absolute atomic E-state index is 0.588. The van der Waals surface area contributed by atoms with Gasteiger partial charge in [0.1, 0.15) is 5.37 Å². The van der Waals surface area contributed by atoms with Gasteiger partial charge in [-0.25, -0.2) is 8.42 Å². The highest BCUT2D eigenvalue weighted by Gasteiger charge is 2.27. The maximum atomic E-state index is 10.8. The van der Waals surface area contributed by atoms with Crippen molar-refractivity contribution in [1.82, 2.24) is 0 Å². The van der Waals surface area contributed by atoms with Crippen LogP contribution in [0.2, 0.25) is 0 Å². The summed E-state index contributed by atoms with van der Waals surface area (Å²) in [6, 6.07) is 0. The van der Waals surface area contributed by atoms with Gasteiger partial charge >= 0.3 is 0 Å². The van der Waals surface area contributed by atoms with Crippen LogP contribution in [0.15, 0.2) is 0 Å². The van der Waals surface area contributed by atoms with Crippen molar-refractivity contribution in [1.29, 1.82) is 0 Å². The maximum Gasteiger partial charge on any atom is 0.163 e. The van der Waals surface area contributed by atoms with Crippen molar-refractivity contribution in [3.05, 3.63) is 0 Å². The maximum absolute atomic E-state index is 10.8. The highest BCUT2D eigenvalue weighted by Crippen LogP contribution is 2.33. The van der Waals surface area contributed by atoms with Gasteiger partial charge in [-0.05, 0) is 12.3 Å². The fraction of sp³-hybridized carbons (Fsp3) is 1.00. The molecule has 0 aliphatic heterocycles. The Balaban J connectivity index is 2.40. The van der Waals surface area contributed by atoms with Gasteiger partial charge in [0.2, 0.25) is 0 Å². The largest absolute Gasteiger partial charge is 0.315 e. The van der Waals surface area contributed by atoms with Crippen LogP contribution in [0.3, 0.4) is 0 Å². The molecule has 1 atom stereocenters. The molecular formula is C6H13NO2S. The molecule has 0 radical (unpaired) electrons. The molecule has 0 aromatic heterocycles. The van der Waals surface area contributed by atoms with Gasteiger partial charge in [-0.2, -0.15) is 0 Å². The Kier molecular flexibility index (Phi) is 2.01. The summed E-state index contributed by atoms with van der Waals surface area (Å²) in [6.45, 7) is 0. The van der Waals surface area contributed by atoms with Gasteiger partial charge in [0.15, 0.2) is 9.84 Å². The van der Waals surface area contributed by atoms with Crippen LogP contribution in [0.4, 0.5) is 0 Å². The van der Waals surface area contributed by atoms with E-state index >= 15 is 0 Å². The third-order valence-corrected chi connectivity index (χ3v) is 3.10. The first-order valence-corrected chi connectivity index (χ1v) is 5.40. The van der Waals surface area contributed by atoms with Crippen molar-refractivity contribution in [3.63, 3.8) is 0 Å². The predicted molar refractivity (Wildman–Crippen MR) is 40.2 cm³/mol. The number of hydrogen-bond acceptors (Lipinski definition) is 3. The van der Waals surface area contributed by atoms with E-state index in [9.17, 15) is 8.42 Å². The number of sulfone groups is 1. The number of nitrogens with two attached hydrogens (primary N) is 1. The summed E-state index contributed by atoms with van der Waals surface area (Å²) in [5, 5.41) is -0.625. The molecule has 0 amide bonds. The summed E-state index contributed by atoms with van der Waals surface area (Å²) in [4.78, 5) is 0. The van der Waals surface area contributed by atoms with Gasteiger partial charge in [-0.15, -0.1) is 0 Å². The first-order chi connectivity index (χ1) is 4.50. The van der Waals surface area contributed by atoms with Crippen LogP contribution in [0.1, 0.15) is 19.3 Å². The van der Waals surface area contributed by atoms with E-state index in [-0.39, 0.29) is 0 Å². The molecule has 0 aromatic rings. The smallest absolute Gasteiger partial charge is 0.163 e. The monoisotopic (exact) mass is 163 g/mol. The van der Waals surface area contributed by atoms with E-state index < -0.39 is 15.2 Å². The highest BCUT2D eigenvalue weighted by atomic mass is 32.2. The summed E-state index contributed by atoms with van der Waals surface area (Å²) in [5.74, 6) is 0.588. The van der Waals surface area contributed by atoms with Crippen molar-refractivity contribution in [2.45, 2.75) is 24.6 Å². The fourth-order valence-corrected chi connectivity index (χ4v) is 1.48. The van der Waals surface area contributed by atoms with Gasteiger partial charge in [-0.1, -0.05) is 12.8 Å². The summed E-state index contributed by atoms with van der Waals surface area (Å²) in [6.07, 6.45) is 4.16. The molecule has 1 unspecified atom stereocenters. The molecule has 2 N–H and O–H groups in total. The Morgan fingerprint density at radius 1 is 1.60 bits per heavy atom. The van der Waals surface area contributed by atoms with Crippen molar-refractivity contribution < 1.29 is 8.42 Å². The molecule has 60 valence electrons. The average Bonchev–Trinajstić information content (AvgIpc) is 2.47. The Morgan fingerprint density at radius 3 is 2.40 bits per heavy atom. The van der Waals surface area contributed by atoms with Gasteiger partial charge in [0.05, 0.1) is 0 Å². The fourth-order valence-electron chi connectivity index (χ4n) is 0.857. The molecular weight excluding hydrogens is 150 g/mol. The second kappa shape index (κ2) is 2.51. The molecule has 0 spiro atoms. The minimum Gasteiger partial charge on any atom is -0.315 e. The predicted octanol–water partition coefficient (Wildman–Crippen LogP) is 0.116. The van der Waals surface area contributed by atoms with Crippen LogP contribution < -0.4 is 5.73 Å². The molecule has 1 aliphatic carbocycles. The normalized spacial score (nSPS) is 22.6. The quantitative estimate of drug-likeness (QED) is 0.642. The molecule has 0 bridgehead atoms. The van der Waals surface area contributed by atoms with E-state index in [1.165, 1.54) is 6.26 Å². The molecule has 3 nitrogen and oxygen atoms in total. The Bertz CT molecular complexity index is 206. The second-order valence-electron chi connectivity index (χ2n) is 3.05. The Labute approximate surface area is 61.5 Å². The van der Waals surface area contributed by atoms with E-state index in [0.29, 0.717) is 12.3 Å². The van der Waals surface area contributed by atoms with Crippen LogP contribution in [0.25, 0.3) is 0 Å². The molecule has 1 fully saturated rings. The molecule has 1 aliphatic rings. The van der Waals surface area contributed by atoms with Crippen LogP contribution in [-0.2, 0) is 9.84 Å². The topological polar surface area (TPSA) is 60.2 Å². The van der Waals surface area contributed by atoms with Gasteiger partial charge in [-0.3, -0.25) is 0 Å². The van der Waals surface area contributed by atoms with Crippen LogP contribution >= 0.6 is 0 Å². The lowest BCUT2D eigenvalue weighted by molar-refractivity contribution is 0.570. The standard InChI is InChI=1S/C6H13NO2S/c1-10(8,9)6(7)4-5-2-3-5/h5-6H,2-4,7H2,1H3. The van der Waals surface area contributed by atoms with Crippen molar-refractivity contribution in [2.24, 2.45) is 11.7 Å².